The zero-order chi connectivity index (χ0) is 17.0. The lowest BCUT2D eigenvalue weighted by molar-refractivity contribution is 0.0911. The lowest BCUT2D eigenvalue weighted by Crippen LogP contribution is -2.29. The molecule has 0 saturated heterocycles. The van der Waals surface area contributed by atoms with E-state index in [1.54, 1.807) is 6.07 Å². The van der Waals surface area contributed by atoms with Crippen molar-refractivity contribution in [3.8, 4) is 5.75 Å². The Kier molecular flexibility index (Phi) is 5.45. The highest BCUT2D eigenvalue weighted by Crippen LogP contribution is 2.20. The van der Waals surface area contributed by atoms with Crippen molar-refractivity contribution in [2.24, 2.45) is 0 Å². The van der Waals surface area contributed by atoms with Crippen molar-refractivity contribution in [1.82, 2.24) is 10.3 Å². The Morgan fingerprint density at radius 1 is 1.30 bits per heavy atom. The summed E-state index contributed by atoms with van der Waals surface area (Å²) in [6.45, 7) is 7.82. The van der Waals surface area contributed by atoms with E-state index in [1.165, 1.54) is 0 Å². The number of benzene rings is 1. The number of aliphatic hydroxyl groups excluding tert-OH is 1. The summed E-state index contributed by atoms with van der Waals surface area (Å²) in [7, 11) is 0. The molecular weight excluding hydrogens is 292 g/mol. The van der Waals surface area contributed by atoms with Crippen molar-refractivity contribution >= 4 is 5.91 Å². The fraction of sp³-hybridized carbons (Fsp3) is 0.389. The van der Waals surface area contributed by atoms with Crippen LogP contribution in [-0.2, 0) is 0 Å². The van der Waals surface area contributed by atoms with E-state index in [2.05, 4.69) is 10.3 Å². The van der Waals surface area contributed by atoms with Crippen LogP contribution < -0.4 is 10.1 Å². The standard InChI is InChI=1S/C18H24N2O3/c1-11(2)23-15-7-5-6-14(9-15)16(21)10-19-18(22)17-12(3)8-13(4)20-17/h5-9,11,16,20-21H,10H2,1-4H3,(H,19,22). The number of aliphatic hydroxyl groups is 1. The lowest BCUT2D eigenvalue weighted by atomic mass is 10.1. The van der Waals surface area contributed by atoms with Crippen LogP contribution in [0.15, 0.2) is 30.3 Å². The highest BCUT2D eigenvalue weighted by molar-refractivity contribution is 5.94. The normalized spacial score (nSPS) is 12.3. The van der Waals surface area contributed by atoms with Gasteiger partial charge in [-0.3, -0.25) is 4.79 Å². The molecule has 0 radical (unpaired) electrons. The van der Waals surface area contributed by atoms with Gasteiger partial charge in [0.1, 0.15) is 11.4 Å². The average Bonchev–Trinajstić information content (AvgIpc) is 2.83. The fourth-order valence-electron chi connectivity index (χ4n) is 2.43. The molecule has 23 heavy (non-hydrogen) atoms. The van der Waals surface area contributed by atoms with Gasteiger partial charge in [-0.2, -0.15) is 0 Å². The smallest absolute Gasteiger partial charge is 0.268 e. The number of nitrogens with one attached hydrogen (secondary N) is 2. The molecule has 1 amide bonds. The molecule has 0 saturated carbocycles. The quantitative estimate of drug-likeness (QED) is 0.767. The Morgan fingerprint density at radius 2 is 2.04 bits per heavy atom. The van der Waals surface area contributed by atoms with Gasteiger partial charge in [0.25, 0.3) is 5.91 Å². The van der Waals surface area contributed by atoms with Crippen LogP contribution in [0.5, 0.6) is 5.75 Å². The molecule has 0 aliphatic rings. The van der Waals surface area contributed by atoms with E-state index in [-0.39, 0.29) is 18.6 Å². The summed E-state index contributed by atoms with van der Waals surface area (Å²) >= 11 is 0. The maximum atomic E-state index is 12.1. The van der Waals surface area contributed by atoms with E-state index in [0.717, 1.165) is 11.3 Å². The number of carbonyl (C=O) groups is 1. The van der Waals surface area contributed by atoms with Gasteiger partial charge in [-0.05, 0) is 57.0 Å². The molecule has 3 N–H and O–H groups in total. The third-order valence-electron chi connectivity index (χ3n) is 3.45. The Morgan fingerprint density at radius 3 is 2.65 bits per heavy atom. The molecule has 1 unspecified atom stereocenters. The third-order valence-corrected chi connectivity index (χ3v) is 3.45. The number of aromatic amines is 1. The van der Waals surface area contributed by atoms with Crippen LogP contribution in [0.3, 0.4) is 0 Å². The second-order valence-corrected chi connectivity index (χ2v) is 5.98. The van der Waals surface area contributed by atoms with Crippen molar-refractivity contribution in [2.75, 3.05) is 6.54 Å². The molecule has 2 rings (SSSR count). The Balaban J connectivity index is 1.98. The minimum atomic E-state index is -0.786. The highest BCUT2D eigenvalue weighted by atomic mass is 16.5. The first-order valence-electron chi connectivity index (χ1n) is 7.76. The van der Waals surface area contributed by atoms with E-state index in [4.69, 9.17) is 4.74 Å². The number of hydrogen-bond acceptors (Lipinski definition) is 3. The van der Waals surface area contributed by atoms with Crippen molar-refractivity contribution < 1.29 is 14.6 Å². The van der Waals surface area contributed by atoms with Gasteiger partial charge < -0.3 is 20.1 Å². The summed E-state index contributed by atoms with van der Waals surface area (Å²) in [5.41, 5.74) is 3.07. The molecule has 1 heterocycles. The van der Waals surface area contributed by atoms with Crippen molar-refractivity contribution in [1.29, 1.82) is 0 Å². The Hall–Kier alpha value is -2.27. The van der Waals surface area contributed by atoms with Crippen LogP contribution in [0.2, 0.25) is 0 Å². The van der Waals surface area contributed by atoms with Crippen LogP contribution >= 0.6 is 0 Å². The van der Waals surface area contributed by atoms with Crippen LogP contribution in [0.1, 0.15) is 47.3 Å². The molecule has 124 valence electrons. The molecule has 1 aromatic carbocycles. The Bertz CT molecular complexity index is 677. The summed E-state index contributed by atoms with van der Waals surface area (Å²) in [5.74, 6) is 0.489. The van der Waals surface area contributed by atoms with Crippen LogP contribution in [-0.4, -0.2) is 28.6 Å². The van der Waals surface area contributed by atoms with Gasteiger partial charge >= 0.3 is 0 Å². The molecular formula is C18H24N2O3. The number of H-pyrrole nitrogens is 1. The topological polar surface area (TPSA) is 74.3 Å². The third kappa shape index (κ3) is 4.60. The molecule has 1 aromatic heterocycles. The van der Waals surface area contributed by atoms with E-state index < -0.39 is 6.10 Å². The monoisotopic (exact) mass is 316 g/mol. The average molecular weight is 316 g/mol. The van der Waals surface area contributed by atoms with Gasteiger partial charge in [0.05, 0.1) is 12.2 Å². The van der Waals surface area contributed by atoms with Gasteiger partial charge in [0.15, 0.2) is 0 Å². The SMILES string of the molecule is Cc1cc(C)c(C(=O)NCC(O)c2cccc(OC(C)C)c2)[nH]1. The van der Waals surface area contributed by atoms with Crippen LogP contribution in [0.4, 0.5) is 0 Å². The number of carbonyl (C=O) groups excluding carboxylic acids is 1. The summed E-state index contributed by atoms with van der Waals surface area (Å²) < 4.78 is 5.61. The fourth-order valence-corrected chi connectivity index (χ4v) is 2.43. The van der Waals surface area contributed by atoms with Gasteiger partial charge in [0, 0.05) is 12.2 Å². The number of rotatable bonds is 6. The van der Waals surface area contributed by atoms with E-state index >= 15 is 0 Å². The minimum absolute atomic E-state index is 0.0705. The zero-order valence-corrected chi connectivity index (χ0v) is 14.0. The number of hydrogen-bond donors (Lipinski definition) is 3. The second-order valence-electron chi connectivity index (χ2n) is 5.98. The maximum absolute atomic E-state index is 12.1. The molecule has 0 bridgehead atoms. The maximum Gasteiger partial charge on any atom is 0.268 e. The van der Waals surface area contributed by atoms with Gasteiger partial charge in [-0.15, -0.1) is 0 Å². The van der Waals surface area contributed by atoms with E-state index in [9.17, 15) is 9.90 Å². The zero-order valence-electron chi connectivity index (χ0n) is 14.0. The second kappa shape index (κ2) is 7.33. The Labute approximate surface area is 136 Å². The number of aromatic nitrogens is 1. The van der Waals surface area contributed by atoms with Crippen molar-refractivity contribution in [3.05, 3.63) is 52.8 Å². The lowest BCUT2D eigenvalue weighted by Gasteiger charge is -2.15. The molecule has 5 nitrogen and oxygen atoms in total. The number of aryl methyl sites for hydroxylation is 2. The predicted octanol–water partition coefficient (Wildman–Crippen LogP) is 2.88. The minimum Gasteiger partial charge on any atom is -0.491 e. The summed E-state index contributed by atoms with van der Waals surface area (Å²) in [5, 5.41) is 13.0. The van der Waals surface area contributed by atoms with Crippen LogP contribution in [0.25, 0.3) is 0 Å². The van der Waals surface area contributed by atoms with Crippen molar-refractivity contribution in [2.45, 2.75) is 39.9 Å². The molecule has 0 fully saturated rings. The van der Waals surface area contributed by atoms with Gasteiger partial charge in [0.2, 0.25) is 0 Å². The molecule has 0 aliphatic carbocycles. The molecule has 0 spiro atoms. The first-order valence-corrected chi connectivity index (χ1v) is 7.76. The van der Waals surface area contributed by atoms with Gasteiger partial charge in [-0.1, -0.05) is 12.1 Å². The molecule has 5 heteroatoms. The van der Waals surface area contributed by atoms with Gasteiger partial charge in [-0.25, -0.2) is 0 Å². The molecule has 1 atom stereocenters. The predicted molar refractivity (Wildman–Crippen MR) is 89.8 cm³/mol. The van der Waals surface area contributed by atoms with Crippen LogP contribution in [0, 0.1) is 13.8 Å². The highest BCUT2D eigenvalue weighted by Gasteiger charge is 2.14. The summed E-state index contributed by atoms with van der Waals surface area (Å²) in [6.07, 6.45) is -0.716. The van der Waals surface area contributed by atoms with E-state index in [0.29, 0.717) is 17.0 Å². The largest absolute Gasteiger partial charge is 0.491 e. The number of ether oxygens (including phenoxy) is 1. The van der Waals surface area contributed by atoms with E-state index in [1.807, 2.05) is 52.0 Å². The first kappa shape index (κ1) is 17.1. The summed E-state index contributed by atoms with van der Waals surface area (Å²) in [6, 6.07) is 9.20. The molecule has 0 aliphatic heterocycles. The first-order chi connectivity index (χ1) is 10.9. The number of amides is 1. The van der Waals surface area contributed by atoms with Crippen molar-refractivity contribution in [3.63, 3.8) is 0 Å². The summed E-state index contributed by atoms with van der Waals surface area (Å²) in [4.78, 5) is 15.2. The molecule has 2 aromatic rings.